The quantitative estimate of drug-likeness (QED) is 0.502. The Kier molecular flexibility index (Phi) is 5.05. The number of aromatic nitrogens is 2. The number of aryl methyl sites for hydroxylation is 1. The Morgan fingerprint density at radius 2 is 2.00 bits per heavy atom. The number of hydrogen-bond acceptors (Lipinski definition) is 6. The molecule has 0 spiro atoms. The first-order valence-corrected chi connectivity index (χ1v) is 9.67. The monoisotopic (exact) mass is 424 g/mol. The minimum Gasteiger partial charge on any atom is -0.497 e. The average molecular weight is 424 g/mol. The maximum absolute atomic E-state index is 13.6. The topological polar surface area (TPSA) is 128 Å². The number of methoxy groups -OCH3 is 1. The van der Waals surface area contributed by atoms with Gasteiger partial charge in [-0.25, -0.2) is 9.78 Å². The number of nitrogens with zero attached hydrogens (tertiary/aromatic N) is 4. The summed E-state index contributed by atoms with van der Waals surface area (Å²) in [6, 6.07) is 8.66. The molecule has 0 unspecified atom stereocenters. The summed E-state index contributed by atoms with van der Waals surface area (Å²) in [5, 5.41) is 21.0. The Morgan fingerprint density at radius 1 is 1.29 bits per heavy atom. The van der Waals surface area contributed by atoms with Gasteiger partial charge in [-0.05, 0) is 49.6 Å². The van der Waals surface area contributed by atoms with E-state index in [0.717, 1.165) is 0 Å². The fourth-order valence-corrected chi connectivity index (χ4v) is 4.03. The second kappa shape index (κ2) is 7.71. The number of ether oxygens (including phenoxy) is 1. The molecule has 0 aliphatic carbocycles. The highest BCUT2D eigenvalue weighted by Crippen LogP contribution is 2.33. The number of benzene rings is 2. The van der Waals surface area contributed by atoms with Crippen molar-refractivity contribution >= 4 is 22.7 Å². The van der Waals surface area contributed by atoms with E-state index in [1.165, 1.54) is 28.7 Å². The van der Waals surface area contributed by atoms with E-state index < -0.39 is 22.6 Å². The maximum Gasteiger partial charge on any atom is 0.407 e. The first-order valence-electron chi connectivity index (χ1n) is 9.67. The Balaban J connectivity index is 2.05. The van der Waals surface area contributed by atoms with E-state index in [1.54, 1.807) is 31.2 Å². The molecule has 1 fully saturated rings. The van der Waals surface area contributed by atoms with Crippen molar-refractivity contribution in [3.63, 3.8) is 0 Å². The molecule has 1 atom stereocenters. The van der Waals surface area contributed by atoms with Gasteiger partial charge in [0.05, 0.1) is 34.7 Å². The van der Waals surface area contributed by atoms with Crippen molar-refractivity contribution in [2.24, 2.45) is 0 Å². The summed E-state index contributed by atoms with van der Waals surface area (Å²) in [5.74, 6) is 0.881. The van der Waals surface area contributed by atoms with Gasteiger partial charge in [0.2, 0.25) is 0 Å². The lowest BCUT2D eigenvalue weighted by atomic mass is 10.1. The second-order valence-corrected chi connectivity index (χ2v) is 7.36. The van der Waals surface area contributed by atoms with Crippen molar-refractivity contribution in [2.75, 3.05) is 13.7 Å². The number of likely N-dealkylation sites (tertiary alicyclic amines) is 1. The van der Waals surface area contributed by atoms with E-state index in [4.69, 9.17) is 4.74 Å². The lowest BCUT2D eigenvalue weighted by Crippen LogP contribution is -2.34. The van der Waals surface area contributed by atoms with Crippen LogP contribution in [0.15, 0.2) is 41.2 Å². The molecule has 10 nitrogen and oxygen atoms in total. The van der Waals surface area contributed by atoms with Crippen LogP contribution in [0.4, 0.5) is 10.5 Å². The van der Waals surface area contributed by atoms with Crippen molar-refractivity contribution in [3.8, 4) is 11.4 Å². The van der Waals surface area contributed by atoms with Crippen LogP contribution in [0.25, 0.3) is 16.6 Å². The number of fused-ring (bicyclic) bond motifs is 1. The van der Waals surface area contributed by atoms with E-state index in [2.05, 4.69) is 4.98 Å². The molecule has 0 radical (unpaired) electrons. The summed E-state index contributed by atoms with van der Waals surface area (Å²) in [5.41, 5.74) is 0.577. The summed E-state index contributed by atoms with van der Waals surface area (Å²) < 4.78 is 6.52. The van der Waals surface area contributed by atoms with Crippen LogP contribution < -0.4 is 10.3 Å². The van der Waals surface area contributed by atoms with Gasteiger partial charge in [0.15, 0.2) is 0 Å². The van der Waals surface area contributed by atoms with Gasteiger partial charge in [-0.3, -0.25) is 24.4 Å². The van der Waals surface area contributed by atoms with Gasteiger partial charge >= 0.3 is 6.09 Å². The van der Waals surface area contributed by atoms with Crippen LogP contribution in [0.2, 0.25) is 0 Å². The van der Waals surface area contributed by atoms with E-state index >= 15 is 0 Å². The van der Waals surface area contributed by atoms with Gasteiger partial charge < -0.3 is 9.84 Å². The van der Waals surface area contributed by atoms with Crippen LogP contribution in [-0.2, 0) is 0 Å². The number of nitro groups is 1. The second-order valence-electron chi connectivity index (χ2n) is 7.36. The zero-order chi connectivity index (χ0) is 22.3. The molecule has 2 aromatic carbocycles. The number of carboxylic acid groups (broad SMARTS) is 1. The number of amides is 1. The molecule has 1 saturated heterocycles. The smallest absolute Gasteiger partial charge is 0.407 e. The SMILES string of the molecule is COc1ccc(-n2c([C@H]3CCCN3C(=O)O)nc3c(C)cc([N+](=O)[O-])cc3c2=O)cc1. The van der Waals surface area contributed by atoms with Crippen LogP contribution in [0.1, 0.15) is 30.3 Å². The molecule has 1 aliphatic heterocycles. The summed E-state index contributed by atoms with van der Waals surface area (Å²) in [6.07, 6.45) is 0.0812. The zero-order valence-electron chi connectivity index (χ0n) is 16.9. The standard InChI is InChI=1S/C21H20N4O6/c1-12-10-14(25(29)30)11-16-18(12)22-19(17-4-3-9-23(17)21(27)28)24(20(16)26)13-5-7-15(31-2)8-6-13/h5-8,10-11,17H,3-4,9H2,1-2H3,(H,27,28)/t17-/m1/s1. The lowest BCUT2D eigenvalue weighted by Gasteiger charge is -2.24. The molecule has 4 rings (SSSR count). The maximum atomic E-state index is 13.6. The van der Waals surface area contributed by atoms with E-state index in [9.17, 15) is 24.8 Å². The summed E-state index contributed by atoms with van der Waals surface area (Å²) in [6.45, 7) is 1.99. The van der Waals surface area contributed by atoms with Gasteiger partial charge in [-0.2, -0.15) is 0 Å². The number of rotatable bonds is 4. The normalized spacial score (nSPS) is 15.9. The number of hydrogen-bond donors (Lipinski definition) is 1. The van der Waals surface area contributed by atoms with Crippen molar-refractivity contribution in [1.29, 1.82) is 0 Å². The van der Waals surface area contributed by atoms with E-state index in [1.807, 2.05) is 0 Å². The van der Waals surface area contributed by atoms with Crippen molar-refractivity contribution in [3.05, 3.63) is 68.3 Å². The largest absolute Gasteiger partial charge is 0.497 e. The Morgan fingerprint density at radius 3 is 2.61 bits per heavy atom. The van der Waals surface area contributed by atoms with Crippen LogP contribution in [0.5, 0.6) is 5.75 Å². The van der Waals surface area contributed by atoms with Crippen LogP contribution in [0, 0.1) is 17.0 Å². The van der Waals surface area contributed by atoms with E-state index in [0.29, 0.717) is 47.7 Å². The third-order valence-corrected chi connectivity index (χ3v) is 5.51. The van der Waals surface area contributed by atoms with E-state index in [-0.39, 0.29) is 11.1 Å². The highest BCUT2D eigenvalue weighted by Gasteiger charge is 2.34. The van der Waals surface area contributed by atoms with Gasteiger partial charge in [-0.1, -0.05) is 0 Å². The number of nitro benzene ring substituents is 1. The summed E-state index contributed by atoms with van der Waals surface area (Å²) in [4.78, 5) is 42.0. The molecule has 160 valence electrons. The van der Waals surface area contributed by atoms with Gasteiger partial charge in [0, 0.05) is 18.7 Å². The first-order chi connectivity index (χ1) is 14.8. The van der Waals surface area contributed by atoms with Crippen molar-refractivity contribution in [1.82, 2.24) is 14.5 Å². The fourth-order valence-electron chi connectivity index (χ4n) is 4.03. The number of carbonyl (C=O) groups is 1. The number of non-ortho nitro benzene ring substituents is 1. The third kappa shape index (κ3) is 3.45. The molecule has 10 heteroatoms. The predicted octanol–water partition coefficient (Wildman–Crippen LogP) is 3.43. The van der Waals surface area contributed by atoms with Crippen LogP contribution in [0.3, 0.4) is 0 Å². The molecule has 31 heavy (non-hydrogen) atoms. The molecule has 3 aromatic rings. The Hall–Kier alpha value is -3.95. The molecule has 2 heterocycles. The zero-order valence-corrected chi connectivity index (χ0v) is 16.9. The molecule has 0 saturated carbocycles. The molecule has 1 aromatic heterocycles. The van der Waals surface area contributed by atoms with Crippen molar-refractivity contribution < 1.29 is 19.6 Å². The van der Waals surface area contributed by atoms with Crippen LogP contribution in [-0.4, -0.2) is 44.2 Å². The summed E-state index contributed by atoms with van der Waals surface area (Å²) in [7, 11) is 1.52. The minimum absolute atomic E-state index is 0.103. The molecule has 1 N–H and O–H groups in total. The molecule has 0 bridgehead atoms. The van der Waals surface area contributed by atoms with Gasteiger partial charge in [0.25, 0.3) is 11.2 Å². The summed E-state index contributed by atoms with van der Waals surface area (Å²) >= 11 is 0. The highest BCUT2D eigenvalue weighted by atomic mass is 16.6. The fraction of sp³-hybridized carbons (Fsp3) is 0.286. The van der Waals surface area contributed by atoms with Crippen LogP contribution >= 0.6 is 0 Å². The average Bonchev–Trinajstić information content (AvgIpc) is 3.24. The molecular weight excluding hydrogens is 404 g/mol. The highest BCUT2D eigenvalue weighted by molar-refractivity contribution is 5.84. The predicted molar refractivity (Wildman–Crippen MR) is 112 cm³/mol. The molecule has 1 aliphatic rings. The van der Waals surface area contributed by atoms with Gasteiger partial charge in [-0.15, -0.1) is 0 Å². The van der Waals surface area contributed by atoms with Crippen molar-refractivity contribution in [2.45, 2.75) is 25.8 Å². The Bertz CT molecular complexity index is 1250. The lowest BCUT2D eigenvalue weighted by molar-refractivity contribution is -0.384. The first kappa shape index (κ1) is 20.3. The minimum atomic E-state index is -1.08. The Labute approximate surface area is 176 Å². The third-order valence-electron chi connectivity index (χ3n) is 5.51. The van der Waals surface area contributed by atoms with Gasteiger partial charge in [0.1, 0.15) is 11.6 Å². The molecule has 1 amide bonds. The molecular formula is C21H20N4O6.